The number of phenols is 1. The molecule has 5 aliphatic rings. The zero-order chi connectivity index (χ0) is 42.3. The van der Waals surface area contributed by atoms with E-state index in [2.05, 4.69) is 96.0 Å². The predicted octanol–water partition coefficient (Wildman–Crippen LogP) is 6.32. The highest BCUT2D eigenvalue weighted by Gasteiger charge is 2.35. The Balaban J connectivity index is 0.743. The third kappa shape index (κ3) is 8.20. The Morgan fingerprint density at radius 2 is 1.44 bits per heavy atom. The van der Waals surface area contributed by atoms with Gasteiger partial charge in [-0.1, -0.05) is 61.4 Å². The van der Waals surface area contributed by atoms with Gasteiger partial charge in [0.15, 0.2) is 0 Å². The van der Waals surface area contributed by atoms with E-state index in [1.807, 2.05) is 18.2 Å². The van der Waals surface area contributed by atoms with Gasteiger partial charge in [-0.3, -0.25) is 34.7 Å². The average Bonchev–Trinajstić information content (AvgIpc) is 3.61. The van der Waals surface area contributed by atoms with Gasteiger partial charge in [0, 0.05) is 95.6 Å². The van der Waals surface area contributed by atoms with E-state index in [0.717, 1.165) is 83.7 Å². The number of nitrogens with zero attached hydrogens (tertiary/aromatic N) is 6. The number of carbonyl (C=O) groups is 2. The van der Waals surface area contributed by atoms with Crippen LogP contribution in [0.5, 0.6) is 5.75 Å². The van der Waals surface area contributed by atoms with Gasteiger partial charge >= 0.3 is 0 Å². The molecule has 3 saturated heterocycles. The van der Waals surface area contributed by atoms with E-state index in [1.165, 1.54) is 59.7 Å². The van der Waals surface area contributed by atoms with Gasteiger partial charge in [-0.25, -0.2) is 4.39 Å². The van der Waals surface area contributed by atoms with Gasteiger partial charge in [-0.2, -0.15) is 5.10 Å². The molecule has 1 aromatic heterocycles. The van der Waals surface area contributed by atoms with Crippen LogP contribution in [-0.2, 0) is 23.1 Å². The molecule has 10 rings (SSSR count). The first-order chi connectivity index (χ1) is 30.3. The second-order valence-corrected chi connectivity index (χ2v) is 18.4. The number of piperazine rings is 3. The van der Waals surface area contributed by atoms with Crippen LogP contribution < -0.4 is 20.4 Å². The van der Waals surface area contributed by atoms with Crippen molar-refractivity contribution in [3.8, 4) is 5.75 Å². The van der Waals surface area contributed by atoms with E-state index >= 15 is 4.39 Å². The summed E-state index contributed by atoms with van der Waals surface area (Å²) in [6.07, 6.45) is 7.22. The van der Waals surface area contributed by atoms with E-state index in [1.54, 1.807) is 11.7 Å². The first-order valence-electron chi connectivity index (χ1n) is 22.9. The number of imide groups is 1. The van der Waals surface area contributed by atoms with Crippen molar-refractivity contribution >= 4 is 34.1 Å². The summed E-state index contributed by atoms with van der Waals surface area (Å²) in [6.45, 7) is 9.75. The summed E-state index contributed by atoms with van der Waals surface area (Å²) < 4.78 is 17.3. The largest absolute Gasteiger partial charge is 0.508 e. The molecule has 0 bridgehead atoms. The Bertz CT molecular complexity index is 2410. The minimum Gasteiger partial charge on any atom is -0.508 e. The van der Waals surface area contributed by atoms with E-state index < -0.39 is 11.9 Å². The molecule has 0 radical (unpaired) electrons. The molecule has 3 N–H and O–H groups in total. The molecule has 2 aliphatic carbocycles. The zero-order valence-electron chi connectivity index (χ0n) is 35.8. The van der Waals surface area contributed by atoms with Gasteiger partial charge in [-0.15, -0.1) is 0 Å². The highest BCUT2D eigenvalue weighted by molar-refractivity contribution is 6.03. The van der Waals surface area contributed by atoms with Gasteiger partial charge < -0.3 is 14.9 Å². The molecule has 0 spiro atoms. The quantitative estimate of drug-likeness (QED) is 0.147. The second kappa shape index (κ2) is 17.5. The number of aromatic nitrogens is 2. The van der Waals surface area contributed by atoms with Crippen LogP contribution in [-0.4, -0.2) is 108 Å². The zero-order valence-corrected chi connectivity index (χ0v) is 35.8. The molecule has 4 heterocycles. The lowest BCUT2D eigenvalue weighted by molar-refractivity contribution is -0.134. The molecule has 4 aromatic carbocycles. The second-order valence-electron chi connectivity index (χ2n) is 18.4. The van der Waals surface area contributed by atoms with Crippen LogP contribution in [0.25, 0.3) is 10.9 Å². The van der Waals surface area contributed by atoms with Crippen molar-refractivity contribution in [2.45, 2.75) is 56.4 Å². The maximum absolute atomic E-state index is 15.7. The van der Waals surface area contributed by atoms with E-state index in [4.69, 9.17) is 0 Å². The van der Waals surface area contributed by atoms with Crippen LogP contribution in [0.2, 0.25) is 0 Å². The Kier molecular flexibility index (Phi) is 11.5. The van der Waals surface area contributed by atoms with Crippen LogP contribution in [0.4, 0.5) is 15.8 Å². The highest BCUT2D eigenvalue weighted by atomic mass is 19.1. The number of benzene rings is 4. The number of amides is 2. The number of hydrogen-bond acceptors (Lipinski definition) is 9. The summed E-state index contributed by atoms with van der Waals surface area (Å²) in [6, 6.07) is 28.9. The summed E-state index contributed by atoms with van der Waals surface area (Å²) in [5, 5.41) is 21.0. The van der Waals surface area contributed by atoms with E-state index in [-0.39, 0.29) is 24.2 Å². The molecule has 1 unspecified atom stereocenters. The topological polar surface area (TPSA) is 109 Å². The van der Waals surface area contributed by atoms with Gasteiger partial charge in [-0.05, 0) is 96.0 Å². The molecule has 324 valence electrons. The van der Waals surface area contributed by atoms with Crippen LogP contribution in [0.1, 0.15) is 77.9 Å². The molecule has 1 saturated carbocycles. The Morgan fingerprint density at radius 1 is 0.758 bits per heavy atom. The minimum atomic E-state index is -0.769. The van der Waals surface area contributed by atoms with Gasteiger partial charge in [0.25, 0.3) is 0 Å². The lowest BCUT2D eigenvalue weighted by atomic mass is 9.69. The number of halogens is 1. The van der Waals surface area contributed by atoms with Crippen LogP contribution in [0.3, 0.4) is 0 Å². The van der Waals surface area contributed by atoms with E-state index in [9.17, 15) is 14.7 Å². The maximum Gasteiger partial charge on any atom is 0.250 e. The molecular formula is C50H59FN8O3. The number of fused-ring (bicyclic) bond motifs is 2. The van der Waals surface area contributed by atoms with Crippen molar-refractivity contribution < 1.29 is 19.1 Å². The molecule has 5 atom stereocenters. The van der Waals surface area contributed by atoms with Crippen molar-refractivity contribution in [3.05, 3.63) is 119 Å². The minimum absolute atomic E-state index is 0.0284. The van der Waals surface area contributed by atoms with Gasteiger partial charge in [0.2, 0.25) is 11.8 Å². The van der Waals surface area contributed by atoms with Crippen molar-refractivity contribution in [3.63, 3.8) is 0 Å². The fourth-order valence-corrected chi connectivity index (χ4v) is 11.5. The maximum atomic E-state index is 15.7. The number of phenolic OH excluding ortho intramolecular Hbond substituents is 1. The standard InChI is InChI=1S/C50H59FN8O3/c1-55-44-29-43(51)45(28-42(44)48(54-55)49-50(62)53-46(61)30-52-49)59-25-21-57(22-26-59)32-37-10-6-5-9-36(37)31-56-19-23-58(24-20-56)38-14-11-34(12-15-38)47-40(33-7-3-2-4-8-33)17-13-35-27-39(60)16-18-41(35)47/h2-4,7-8,11-12,14-16,18,27-29,36-37,40,47,49,52,60H,5-6,9-10,13,17,19-26,30-32H2,1H3,(H,53,61,62)/t36-,37-,40+,47-,49?/m0/s1. The van der Waals surface area contributed by atoms with Crippen LogP contribution >= 0.6 is 0 Å². The van der Waals surface area contributed by atoms with Crippen molar-refractivity contribution in [2.75, 3.05) is 81.8 Å². The van der Waals surface area contributed by atoms with Crippen molar-refractivity contribution in [1.82, 2.24) is 30.2 Å². The highest BCUT2D eigenvalue weighted by Crippen LogP contribution is 2.47. The SMILES string of the molecule is Cn1nc(C2NCC(=O)NC2=O)c2cc(N3CCN(C[C@@H]4CCCC[C@H]4CN4CCN(c5ccc([C@@H]6c7ccc(O)cc7CC[C@@H]6c6ccccc6)cc5)CC4)CC3)c(F)cc21. The molecule has 2 amide bonds. The summed E-state index contributed by atoms with van der Waals surface area (Å²) in [4.78, 5) is 34.5. The monoisotopic (exact) mass is 838 g/mol. The Labute approximate surface area is 363 Å². The number of hydrogen-bond donors (Lipinski definition) is 3. The molecule has 12 heteroatoms. The third-order valence-electron chi connectivity index (χ3n) is 14.8. The fraction of sp³-hybridized carbons (Fsp3) is 0.460. The molecule has 4 fully saturated rings. The smallest absolute Gasteiger partial charge is 0.250 e. The number of rotatable bonds is 9. The first kappa shape index (κ1) is 40.8. The summed E-state index contributed by atoms with van der Waals surface area (Å²) >= 11 is 0. The summed E-state index contributed by atoms with van der Waals surface area (Å²) in [7, 11) is 1.75. The predicted molar refractivity (Wildman–Crippen MR) is 241 cm³/mol. The lowest BCUT2D eigenvalue weighted by Gasteiger charge is -2.43. The number of anilines is 2. The number of carbonyl (C=O) groups excluding carboxylic acids is 2. The van der Waals surface area contributed by atoms with Crippen molar-refractivity contribution in [1.29, 1.82) is 0 Å². The Hall–Kier alpha value is -5.30. The molecule has 11 nitrogen and oxygen atoms in total. The van der Waals surface area contributed by atoms with Crippen molar-refractivity contribution in [2.24, 2.45) is 18.9 Å². The van der Waals surface area contributed by atoms with Gasteiger partial charge in [0.05, 0.1) is 23.4 Å². The fourth-order valence-electron chi connectivity index (χ4n) is 11.5. The molecule has 3 aliphatic heterocycles. The number of nitrogens with one attached hydrogen (secondary N) is 2. The van der Waals surface area contributed by atoms with Gasteiger partial charge in [0.1, 0.15) is 17.6 Å². The normalized spacial score (nSPS) is 25.2. The van der Waals surface area contributed by atoms with Crippen LogP contribution in [0, 0.1) is 17.7 Å². The molecular weight excluding hydrogens is 780 g/mol. The Morgan fingerprint density at radius 3 is 2.11 bits per heavy atom. The lowest BCUT2D eigenvalue weighted by Crippen LogP contribution is -2.51. The van der Waals surface area contributed by atoms with E-state index in [0.29, 0.717) is 40.4 Å². The summed E-state index contributed by atoms with van der Waals surface area (Å²) in [5.74, 6) is 1.27. The number of aromatic hydroxyl groups is 1. The third-order valence-corrected chi connectivity index (χ3v) is 14.8. The average molecular weight is 839 g/mol. The molecule has 62 heavy (non-hydrogen) atoms. The van der Waals surface area contributed by atoms with Crippen LogP contribution in [0.15, 0.2) is 84.9 Å². The first-order valence-corrected chi connectivity index (χ1v) is 22.9. The summed E-state index contributed by atoms with van der Waals surface area (Å²) in [5.41, 5.74) is 8.29. The molecule has 5 aromatic rings. The number of aryl methyl sites for hydroxylation is 2.